The van der Waals surface area contributed by atoms with E-state index in [1.807, 2.05) is 6.92 Å². The van der Waals surface area contributed by atoms with Gasteiger partial charge in [-0.2, -0.15) is 0 Å². The molecule has 0 radical (unpaired) electrons. The lowest BCUT2D eigenvalue weighted by atomic mass is 10.1. The van der Waals surface area contributed by atoms with E-state index in [2.05, 4.69) is 29.8 Å². The van der Waals surface area contributed by atoms with Crippen LogP contribution in [0.15, 0.2) is 0 Å². The van der Waals surface area contributed by atoms with Crippen LogP contribution in [0.2, 0.25) is 0 Å². The standard InChI is InChI=1S/C12H23N3O/c1-7(2)8(3)14-12(16)15-11-5-9-4-10(11)13-6-9/h7-11,13H,4-6H2,1-3H3,(H2,14,15,16). The molecule has 1 saturated heterocycles. The van der Waals surface area contributed by atoms with Gasteiger partial charge in [-0.05, 0) is 38.1 Å². The Morgan fingerprint density at radius 1 is 1.31 bits per heavy atom. The summed E-state index contributed by atoms with van der Waals surface area (Å²) in [5.74, 6) is 1.25. The number of carbonyl (C=O) groups excluding carboxylic acids is 1. The van der Waals surface area contributed by atoms with E-state index >= 15 is 0 Å². The van der Waals surface area contributed by atoms with E-state index in [-0.39, 0.29) is 12.1 Å². The summed E-state index contributed by atoms with van der Waals surface area (Å²) in [5, 5.41) is 9.52. The van der Waals surface area contributed by atoms with Crippen molar-refractivity contribution in [2.75, 3.05) is 6.54 Å². The SMILES string of the molecule is CC(C)C(C)NC(=O)NC1CC2CNC1C2. The molecule has 1 heterocycles. The summed E-state index contributed by atoms with van der Waals surface area (Å²) in [6.45, 7) is 7.41. The van der Waals surface area contributed by atoms with Crippen molar-refractivity contribution in [3.05, 3.63) is 0 Å². The van der Waals surface area contributed by atoms with Gasteiger partial charge in [0.2, 0.25) is 0 Å². The van der Waals surface area contributed by atoms with E-state index < -0.39 is 0 Å². The Morgan fingerprint density at radius 2 is 2.06 bits per heavy atom. The summed E-state index contributed by atoms with van der Waals surface area (Å²) < 4.78 is 0. The van der Waals surface area contributed by atoms with Crippen molar-refractivity contribution in [3.63, 3.8) is 0 Å². The Morgan fingerprint density at radius 3 is 2.56 bits per heavy atom. The monoisotopic (exact) mass is 225 g/mol. The van der Waals surface area contributed by atoms with Crippen molar-refractivity contribution in [2.45, 2.75) is 51.7 Å². The predicted molar refractivity (Wildman–Crippen MR) is 64.3 cm³/mol. The normalized spacial score (nSPS) is 34.1. The van der Waals surface area contributed by atoms with Gasteiger partial charge in [-0.15, -0.1) is 0 Å². The van der Waals surface area contributed by atoms with Crippen molar-refractivity contribution in [1.29, 1.82) is 0 Å². The van der Waals surface area contributed by atoms with E-state index in [0.717, 1.165) is 18.9 Å². The number of piperidine rings is 1. The Balaban J connectivity index is 1.75. The zero-order chi connectivity index (χ0) is 11.7. The average molecular weight is 225 g/mol. The van der Waals surface area contributed by atoms with Crippen molar-refractivity contribution < 1.29 is 4.79 Å². The molecule has 2 bridgehead atoms. The van der Waals surface area contributed by atoms with Crippen LogP contribution in [0.25, 0.3) is 0 Å². The lowest BCUT2D eigenvalue weighted by Crippen LogP contribution is -2.52. The Kier molecular flexibility index (Phi) is 3.38. The second-order valence-corrected chi connectivity index (χ2v) is 5.61. The van der Waals surface area contributed by atoms with Crippen LogP contribution in [0.3, 0.4) is 0 Å². The maximum atomic E-state index is 11.7. The quantitative estimate of drug-likeness (QED) is 0.673. The Hall–Kier alpha value is -0.770. The third-order valence-corrected chi connectivity index (χ3v) is 4.00. The van der Waals surface area contributed by atoms with Crippen LogP contribution in [0.4, 0.5) is 4.79 Å². The highest BCUT2D eigenvalue weighted by atomic mass is 16.2. The first-order chi connectivity index (χ1) is 7.56. The molecular weight excluding hydrogens is 202 g/mol. The predicted octanol–water partition coefficient (Wildman–Crippen LogP) is 1.08. The van der Waals surface area contributed by atoms with Crippen molar-refractivity contribution >= 4 is 6.03 Å². The topological polar surface area (TPSA) is 53.2 Å². The molecule has 2 fully saturated rings. The number of hydrogen-bond donors (Lipinski definition) is 3. The molecule has 0 aromatic rings. The van der Waals surface area contributed by atoms with Gasteiger partial charge < -0.3 is 16.0 Å². The second kappa shape index (κ2) is 4.62. The molecular formula is C12H23N3O. The largest absolute Gasteiger partial charge is 0.335 e. The zero-order valence-corrected chi connectivity index (χ0v) is 10.4. The molecule has 92 valence electrons. The zero-order valence-electron chi connectivity index (χ0n) is 10.4. The smallest absolute Gasteiger partial charge is 0.315 e. The molecule has 0 aromatic heterocycles. The van der Waals surface area contributed by atoms with Crippen LogP contribution in [-0.4, -0.2) is 30.7 Å². The van der Waals surface area contributed by atoms with Crippen LogP contribution in [0.1, 0.15) is 33.6 Å². The van der Waals surface area contributed by atoms with Crippen LogP contribution in [0.5, 0.6) is 0 Å². The van der Waals surface area contributed by atoms with E-state index in [9.17, 15) is 4.79 Å². The molecule has 0 spiro atoms. The van der Waals surface area contributed by atoms with Crippen molar-refractivity contribution in [2.24, 2.45) is 11.8 Å². The van der Waals surface area contributed by atoms with Gasteiger partial charge in [0.1, 0.15) is 0 Å². The highest BCUT2D eigenvalue weighted by Gasteiger charge is 2.40. The van der Waals surface area contributed by atoms with Gasteiger partial charge in [0.05, 0.1) is 0 Å². The molecule has 4 atom stereocenters. The molecule has 2 amide bonds. The van der Waals surface area contributed by atoms with Gasteiger partial charge in [0.25, 0.3) is 0 Å². The first-order valence-electron chi connectivity index (χ1n) is 6.36. The van der Waals surface area contributed by atoms with E-state index in [0.29, 0.717) is 18.0 Å². The molecule has 3 N–H and O–H groups in total. The number of carbonyl (C=O) groups is 1. The van der Waals surface area contributed by atoms with Crippen molar-refractivity contribution in [1.82, 2.24) is 16.0 Å². The fraction of sp³-hybridized carbons (Fsp3) is 0.917. The number of rotatable bonds is 3. The van der Waals surface area contributed by atoms with Gasteiger partial charge in [-0.3, -0.25) is 0 Å². The molecule has 0 aromatic carbocycles. The molecule has 1 aliphatic carbocycles. The molecule has 2 aliphatic rings. The average Bonchev–Trinajstić information content (AvgIpc) is 2.78. The summed E-state index contributed by atoms with van der Waals surface area (Å²) in [6, 6.07) is 1.05. The first-order valence-corrected chi connectivity index (χ1v) is 6.36. The van der Waals surface area contributed by atoms with Crippen molar-refractivity contribution in [3.8, 4) is 0 Å². The maximum Gasteiger partial charge on any atom is 0.315 e. The number of amides is 2. The third kappa shape index (κ3) is 2.48. The number of hydrogen-bond acceptors (Lipinski definition) is 2. The Labute approximate surface area is 97.6 Å². The number of nitrogens with one attached hydrogen (secondary N) is 3. The first kappa shape index (κ1) is 11.7. The van der Waals surface area contributed by atoms with Crippen LogP contribution in [0, 0.1) is 11.8 Å². The fourth-order valence-corrected chi connectivity index (χ4v) is 2.60. The highest BCUT2D eigenvalue weighted by Crippen LogP contribution is 2.30. The summed E-state index contributed by atoms with van der Waals surface area (Å²) in [7, 11) is 0. The lowest BCUT2D eigenvalue weighted by Gasteiger charge is -2.25. The minimum Gasteiger partial charge on any atom is -0.335 e. The number of urea groups is 1. The minimum atomic E-state index is -0.0134. The minimum absolute atomic E-state index is 0.0134. The Bertz CT molecular complexity index is 267. The molecule has 16 heavy (non-hydrogen) atoms. The number of fused-ring (bicyclic) bond motifs is 2. The maximum absolute atomic E-state index is 11.7. The van der Waals surface area contributed by atoms with E-state index in [1.165, 1.54) is 6.42 Å². The summed E-state index contributed by atoms with van der Waals surface area (Å²) >= 11 is 0. The van der Waals surface area contributed by atoms with Gasteiger partial charge in [-0.1, -0.05) is 13.8 Å². The molecule has 1 saturated carbocycles. The molecule has 1 aliphatic heterocycles. The third-order valence-electron chi connectivity index (χ3n) is 4.00. The summed E-state index contributed by atoms with van der Waals surface area (Å²) in [5.41, 5.74) is 0. The molecule has 4 unspecified atom stereocenters. The van der Waals surface area contributed by atoms with Gasteiger partial charge in [0, 0.05) is 18.1 Å². The fourth-order valence-electron chi connectivity index (χ4n) is 2.60. The van der Waals surface area contributed by atoms with E-state index in [4.69, 9.17) is 0 Å². The lowest BCUT2D eigenvalue weighted by molar-refractivity contribution is 0.226. The molecule has 2 rings (SSSR count). The van der Waals surface area contributed by atoms with E-state index in [1.54, 1.807) is 0 Å². The molecule has 4 heteroatoms. The van der Waals surface area contributed by atoms with Gasteiger partial charge >= 0.3 is 6.03 Å². The van der Waals surface area contributed by atoms with Crippen LogP contribution < -0.4 is 16.0 Å². The second-order valence-electron chi connectivity index (χ2n) is 5.61. The molecule has 4 nitrogen and oxygen atoms in total. The highest BCUT2D eigenvalue weighted by molar-refractivity contribution is 5.74. The van der Waals surface area contributed by atoms with Crippen LogP contribution in [-0.2, 0) is 0 Å². The van der Waals surface area contributed by atoms with Gasteiger partial charge in [-0.25, -0.2) is 4.79 Å². The van der Waals surface area contributed by atoms with Crippen LogP contribution >= 0.6 is 0 Å². The van der Waals surface area contributed by atoms with Gasteiger partial charge in [0.15, 0.2) is 0 Å². The summed E-state index contributed by atoms with van der Waals surface area (Å²) in [4.78, 5) is 11.7. The summed E-state index contributed by atoms with van der Waals surface area (Å²) in [6.07, 6.45) is 2.37.